The first-order chi connectivity index (χ1) is 31.5. The Kier molecular flexibility index (Phi) is 49.1. The molecular weight excluding hydrogens is 791 g/mol. The van der Waals surface area contributed by atoms with Gasteiger partial charge in [0, 0.05) is 6.42 Å². The molecule has 0 aromatic carbocycles. The van der Waals surface area contributed by atoms with Gasteiger partial charge in [-0.1, -0.05) is 222 Å². The van der Waals surface area contributed by atoms with Gasteiger partial charge in [-0.15, -0.1) is 0 Å². The summed E-state index contributed by atoms with van der Waals surface area (Å²) in [4.78, 5) is 26.2. The molecule has 0 bridgehead atoms. The summed E-state index contributed by atoms with van der Waals surface area (Å²) >= 11 is 0. The van der Waals surface area contributed by atoms with E-state index in [9.17, 15) is 19.8 Å². The van der Waals surface area contributed by atoms with Crippen LogP contribution in [0.1, 0.15) is 258 Å². The number of aliphatic hydroxyl groups is 2. The molecule has 0 rings (SSSR count). The maximum absolute atomic E-state index is 13.2. The number of nitrogens with one attached hydrogen (secondary N) is 1. The molecule has 0 aliphatic heterocycles. The van der Waals surface area contributed by atoms with Crippen molar-refractivity contribution in [3.05, 3.63) is 72.9 Å². The first-order valence-corrected chi connectivity index (χ1v) is 27.2. The van der Waals surface area contributed by atoms with Gasteiger partial charge >= 0.3 is 5.97 Å². The Bertz CT molecular complexity index is 1190. The summed E-state index contributed by atoms with van der Waals surface area (Å²) < 4.78 is 5.92. The second kappa shape index (κ2) is 51.3. The summed E-state index contributed by atoms with van der Waals surface area (Å²) in [5, 5.41) is 23.8. The first kappa shape index (κ1) is 61.3. The fourth-order valence-corrected chi connectivity index (χ4v) is 7.92. The fourth-order valence-electron chi connectivity index (χ4n) is 7.92. The smallest absolute Gasteiger partial charge is 0.306 e. The van der Waals surface area contributed by atoms with Crippen LogP contribution in [0.25, 0.3) is 0 Å². The van der Waals surface area contributed by atoms with Crippen molar-refractivity contribution in [2.24, 2.45) is 0 Å². The van der Waals surface area contributed by atoms with Crippen molar-refractivity contribution in [2.45, 2.75) is 277 Å². The van der Waals surface area contributed by atoms with Crippen molar-refractivity contribution in [2.75, 3.05) is 6.61 Å². The molecule has 0 fully saturated rings. The highest BCUT2D eigenvalue weighted by Gasteiger charge is 2.24. The highest BCUT2D eigenvalue weighted by atomic mass is 16.5. The lowest BCUT2D eigenvalue weighted by Crippen LogP contribution is -2.46. The zero-order valence-electron chi connectivity index (χ0n) is 42.1. The van der Waals surface area contributed by atoms with Gasteiger partial charge in [0.2, 0.25) is 5.91 Å². The normalized spacial score (nSPS) is 13.8. The minimum absolute atomic E-state index is 0.0438. The van der Waals surface area contributed by atoms with Crippen molar-refractivity contribution in [1.82, 2.24) is 5.32 Å². The lowest BCUT2D eigenvalue weighted by atomic mass is 10.0. The number of aliphatic hydroxyl groups excluding tert-OH is 2. The molecule has 0 heterocycles. The highest BCUT2D eigenvalue weighted by molar-refractivity contribution is 5.77. The molecule has 1 amide bonds. The van der Waals surface area contributed by atoms with Crippen LogP contribution in [-0.2, 0) is 14.3 Å². The van der Waals surface area contributed by atoms with Crippen LogP contribution in [0.3, 0.4) is 0 Å². The van der Waals surface area contributed by atoms with Crippen molar-refractivity contribution in [3.8, 4) is 0 Å². The van der Waals surface area contributed by atoms with E-state index in [4.69, 9.17) is 4.74 Å². The number of hydrogen-bond acceptors (Lipinski definition) is 5. The van der Waals surface area contributed by atoms with E-state index in [0.29, 0.717) is 19.3 Å². The molecule has 6 heteroatoms. The number of esters is 1. The predicted molar refractivity (Wildman–Crippen MR) is 278 cm³/mol. The van der Waals surface area contributed by atoms with Crippen LogP contribution in [0.4, 0.5) is 0 Å². The topological polar surface area (TPSA) is 95.9 Å². The zero-order chi connectivity index (χ0) is 46.7. The number of ether oxygens (including phenoxy) is 1. The van der Waals surface area contributed by atoms with Gasteiger partial charge in [-0.3, -0.25) is 9.59 Å². The molecule has 0 saturated carbocycles. The van der Waals surface area contributed by atoms with E-state index in [1.54, 1.807) is 0 Å². The SMILES string of the molecule is CC/C=C/C/C=C/C/C=C/CCCCC(CC(=O)NC(CO)C(O)CCCCCCCCCCCCCCCC)OC(=O)CCCCCCCC/C=C\C/C=C\C/C=C\CCCCC. The molecule has 370 valence electrons. The Hall–Kier alpha value is -2.70. The molecule has 3 atom stereocenters. The summed E-state index contributed by atoms with van der Waals surface area (Å²) in [6.07, 6.45) is 65.4. The molecular formula is C58H103NO5. The minimum atomic E-state index is -0.803. The number of hydrogen-bond donors (Lipinski definition) is 3. The Morgan fingerprint density at radius 1 is 0.469 bits per heavy atom. The molecule has 3 N–H and O–H groups in total. The summed E-state index contributed by atoms with van der Waals surface area (Å²) in [7, 11) is 0. The number of carbonyl (C=O) groups is 2. The average Bonchev–Trinajstić information content (AvgIpc) is 3.29. The molecule has 0 spiro atoms. The Morgan fingerprint density at radius 3 is 1.33 bits per heavy atom. The minimum Gasteiger partial charge on any atom is -0.462 e. The third-order valence-corrected chi connectivity index (χ3v) is 12.0. The van der Waals surface area contributed by atoms with Gasteiger partial charge in [0.25, 0.3) is 0 Å². The third-order valence-electron chi connectivity index (χ3n) is 12.0. The van der Waals surface area contributed by atoms with Crippen LogP contribution in [0.15, 0.2) is 72.9 Å². The van der Waals surface area contributed by atoms with Gasteiger partial charge < -0.3 is 20.3 Å². The second-order valence-electron chi connectivity index (χ2n) is 18.2. The molecule has 0 radical (unpaired) electrons. The van der Waals surface area contributed by atoms with Crippen LogP contribution in [0.5, 0.6) is 0 Å². The third kappa shape index (κ3) is 45.9. The van der Waals surface area contributed by atoms with Gasteiger partial charge in [0.05, 0.1) is 25.2 Å². The molecule has 0 aliphatic carbocycles. The van der Waals surface area contributed by atoms with Crippen LogP contribution in [0.2, 0.25) is 0 Å². The lowest BCUT2D eigenvalue weighted by molar-refractivity contribution is -0.151. The highest BCUT2D eigenvalue weighted by Crippen LogP contribution is 2.17. The molecule has 0 aliphatic rings. The van der Waals surface area contributed by atoms with Crippen molar-refractivity contribution in [1.29, 1.82) is 0 Å². The van der Waals surface area contributed by atoms with Gasteiger partial charge in [0.15, 0.2) is 0 Å². The summed E-state index contributed by atoms with van der Waals surface area (Å²) in [6.45, 7) is 6.33. The first-order valence-electron chi connectivity index (χ1n) is 27.2. The van der Waals surface area contributed by atoms with E-state index in [-0.39, 0.29) is 24.9 Å². The van der Waals surface area contributed by atoms with E-state index < -0.39 is 18.2 Å². The number of amides is 1. The Labute approximate surface area is 396 Å². The monoisotopic (exact) mass is 894 g/mol. The number of rotatable bonds is 48. The zero-order valence-corrected chi connectivity index (χ0v) is 42.1. The largest absolute Gasteiger partial charge is 0.462 e. The molecule has 0 aromatic heterocycles. The Morgan fingerprint density at radius 2 is 0.844 bits per heavy atom. The quantitative estimate of drug-likeness (QED) is 0.0321. The van der Waals surface area contributed by atoms with Crippen molar-refractivity contribution >= 4 is 11.9 Å². The predicted octanol–water partition coefficient (Wildman–Crippen LogP) is 16.6. The summed E-state index contributed by atoms with van der Waals surface area (Å²) in [6, 6.07) is -0.719. The second-order valence-corrected chi connectivity index (χ2v) is 18.2. The van der Waals surface area contributed by atoms with Crippen LogP contribution < -0.4 is 5.32 Å². The Balaban J connectivity index is 4.58. The molecule has 6 nitrogen and oxygen atoms in total. The average molecular weight is 894 g/mol. The number of allylic oxidation sites excluding steroid dienone is 12. The van der Waals surface area contributed by atoms with Gasteiger partial charge in [-0.05, 0) is 96.3 Å². The van der Waals surface area contributed by atoms with Crippen LogP contribution in [-0.4, -0.2) is 46.9 Å². The van der Waals surface area contributed by atoms with E-state index >= 15 is 0 Å². The standard InChI is InChI=1S/C58H103NO5/c1-4-7-10-13-16-19-22-25-27-28-29-30-31-33-36-39-42-45-48-51-58(63)64-54(49-46-43-40-37-34-24-21-18-15-12-9-6-3)52-57(62)59-55(53-60)56(61)50-47-44-41-38-35-32-26-23-20-17-14-11-8-5-2/h9,12,16,18-19,21,25,27,29-30,34,37,54-56,60-61H,4-8,10-11,13-15,17,20,22-24,26,28,31-33,35-36,38-53H2,1-3H3,(H,59,62)/b12-9+,19-16-,21-18+,27-25-,30-29-,37-34+. The van der Waals surface area contributed by atoms with Gasteiger partial charge in [-0.25, -0.2) is 0 Å². The van der Waals surface area contributed by atoms with E-state index in [2.05, 4.69) is 99.0 Å². The molecule has 3 unspecified atom stereocenters. The molecule has 0 saturated heterocycles. The summed E-state index contributed by atoms with van der Waals surface area (Å²) in [5.41, 5.74) is 0. The molecule has 0 aromatic rings. The maximum atomic E-state index is 13.2. The van der Waals surface area contributed by atoms with Gasteiger partial charge in [-0.2, -0.15) is 0 Å². The maximum Gasteiger partial charge on any atom is 0.306 e. The number of unbranched alkanes of at least 4 members (excludes halogenated alkanes) is 24. The summed E-state index contributed by atoms with van der Waals surface area (Å²) in [5.74, 6) is -0.526. The molecule has 64 heavy (non-hydrogen) atoms. The van der Waals surface area contributed by atoms with Crippen LogP contribution >= 0.6 is 0 Å². The van der Waals surface area contributed by atoms with E-state index in [1.165, 1.54) is 116 Å². The van der Waals surface area contributed by atoms with E-state index in [0.717, 1.165) is 96.3 Å². The van der Waals surface area contributed by atoms with Crippen LogP contribution in [0, 0.1) is 0 Å². The van der Waals surface area contributed by atoms with E-state index in [1.807, 2.05) is 0 Å². The number of carbonyl (C=O) groups excluding carboxylic acids is 2. The van der Waals surface area contributed by atoms with Gasteiger partial charge in [0.1, 0.15) is 6.10 Å². The van der Waals surface area contributed by atoms with Crippen molar-refractivity contribution < 1.29 is 24.5 Å². The van der Waals surface area contributed by atoms with Crippen molar-refractivity contribution in [3.63, 3.8) is 0 Å². The fraction of sp³-hybridized carbons (Fsp3) is 0.759. The lowest BCUT2D eigenvalue weighted by Gasteiger charge is -2.24.